The van der Waals surface area contributed by atoms with Gasteiger partial charge in [-0.25, -0.2) is 4.79 Å². The van der Waals surface area contributed by atoms with E-state index in [-0.39, 0.29) is 5.91 Å². The molecule has 0 spiro atoms. The molecule has 1 aromatic rings. The zero-order chi connectivity index (χ0) is 13.1. The quantitative estimate of drug-likeness (QED) is 0.708. The number of aliphatic carboxylic acids is 1. The molecule has 1 unspecified atom stereocenters. The number of thiophene rings is 1. The number of carbonyl (C=O) groups is 2. The molecule has 1 saturated heterocycles. The molecule has 1 aliphatic heterocycles. The molecule has 1 aromatic heterocycles. The van der Waals surface area contributed by atoms with E-state index in [0.717, 1.165) is 5.57 Å². The van der Waals surface area contributed by atoms with E-state index in [1.165, 1.54) is 11.3 Å². The fraction of sp³-hybridized carbons (Fsp3) is 0.333. The van der Waals surface area contributed by atoms with Gasteiger partial charge in [-0.3, -0.25) is 4.79 Å². The highest BCUT2D eigenvalue weighted by molar-refractivity contribution is 7.10. The average Bonchev–Trinajstić information content (AvgIpc) is 2.75. The predicted molar refractivity (Wildman–Crippen MR) is 68.4 cm³/mol. The molecule has 18 heavy (non-hydrogen) atoms. The minimum Gasteiger partial charge on any atom is -0.479 e. The molecule has 1 atom stereocenters. The third-order valence-electron chi connectivity index (χ3n) is 2.90. The lowest BCUT2D eigenvalue weighted by molar-refractivity contribution is -0.141. The van der Waals surface area contributed by atoms with E-state index in [0.29, 0.717) is 23.5 Å². The summed E-state index contributed by atoms with van der Waals surface area (Å²) in [6, 6.07) is 2.50. The van der Waals surface area contributed by atoms with Crippen molar-refractivity contribution in [3.63, 3.8) is 0 Å². The maximum atomic E-state index is 11.9. The van der Waals surface area contributed by atoms with Crippen LogP contribution in [0, 0.1) is 0 Å². The molecule has 2 rings (SSSR count). The molecule has 3 N–H and O–H groups in total. The highest BCUT2D eigenvalue weighted by Crippen LogP contribution is 2.20. The van der Waals surface area contributed by atoms with Crippen molar-refractivity contribution in [2.75, 3.05) is 13.1 Å². The van der Waals surface area contributed by atoms with Gasteiger partial charge in [-0.1, -0.05) is 6.07 Å². The molecule has 1 aliphatic rings. The number of nitrogens with one attached hydrogen (secondary N) is 2. The monoisotopic (exact) mass is 266 g/mol. The summed E-state index contributed by atoms with van der Waals surface area (Å²) in [4.78, 5) is 23.7. The average molecular weight is 266 g/mol. The Morgan fingerprint density at radius 1 is 1.50 bits per heavy atom. The van der Waals surface area contributed by atoms with Gasteiger partial charge < -0.3 is 15.7 Å². The van der Waals surface area contributed by atoms with E-state index >= 15 is 0 Å². The minimum absolute atomic E-state index is 0.313. The molecule has 5 nitrogen and oxygen atoms in total. The Hall–Kier alpha value is -1.66. The highest BCUT2D eigenvalue weighted by atomic mass is 32.1. The molecular weight excluding hydrogens is 252 g/mol. The van der Waals surface area contributed by atoms with Crippen LogP contribution in [0.1, 0.15) is 17.8 Å². The van der Waals surface area contributed by atoms with E-state index in [9.17, 15) is 9.59 Å². The number of amides is 1. The van der Waals surface area contributed by atoms with E-state index in [2.05, 4.69) is 10.6 Å². The molecule has 6 heteroatoms. The van der Waals surface area contributed by atoms with Crippen LogP contribution in [0.3, 0.4) is 0 Å². The predicted octanol–water partition coefficient (Wildman–Crippen LogP) is 0.910. The van der Waals surface area contributed by atoms with Crippen molar-refractivity contribution in [3.05, 3.63) is 33.5 Å². The second-order valence-corrected chi connectivity index (χ2v) is 5.07. The summed E-state index contributed by atoms with van der Waals surface area (Å²) in [5.74, 6) is -1.36. The first-order valence-electron chi connectivity index (χ1n) is 5.56. The van der Waals surface area contributed by atoms with Crippen LogP contribution in [0.2, 0.25) is 0 Å². The van der Waals surface area contributed by atoms with Crippen LogP contribution >= 0.6 is 11.3 Å². The van der Waals surface area contributed by atoms with Gasteiger partial charge in [0.2, 0.25) is 5.91 Å². The summed E-state index contributed by atoms with van der Waals surface area (Å²) < 4.78 is 0. The van der Waals surface area contributed by atoms with Gasteiger partial charge in [-0.2, -0.15) is 0 Å². The van der Waals surface area contributed by atoms with Crippen LogP contribution in [-0.4, -0.2) is 30.1 Å². The maximum absolute atomic E-state index is 11.9. The molecular formula is C12H14N2O3S. The summed E-state index contributed by atoms with van der Waals surface area (Å²) in [7, 11) is 0. The van der Waals surface area contributed by atoms with Crippen LogP contribution in [0.4, 0.5) is 0 Å². The number of hydrogen-bond acceptors (Lipinski definition) is 4. The molecule has 0 saturated carbocycles. The number of carbonyl (C=O) groups excluding carboxylic acids is 1. The van der Waals surface area contributed by atoms with Crippen LogP contribution in [0.25, 0.3) is 0 Å². The van der Waals surface area contributed by atoms with Crippen molar-refractivity contribution in [1.82, 2.24) is 10.6 Å². The van der Waals surface area contributed by atoms with Gasteiger partial charge in [-0.15, -0.1) is 11.3 Å². The standard InChI is InChI=1S/C12H14N2O3S/c1-7(8-5-13-6-8)11(15)14-10(12(16)17)9-3-2-4-18-9/h2-4,10,13H,5-6H2,1H3,(H,14,15)(H,16,17). The molecule has 0 radical (unpaired) electrons. The van der Waals surface area contributed by atoms with E-state index in [1.807, 2.05) is 0 Å². The summed E-state index contributed by atoms with van der Waals surface area (Å²) >= 11 is 1.32. The topological polar surface area (TPSA) is 78.4 Å². The summed E-state index contributed by atoms with van der Waals surface area (Å²) in [6.07, 6.45) is 0. The van der Waals surface area contributed by atoms with Gasteiger partial charge in [0.05, 0.1) is 0 Å². The highest BCUT2D eigenvalue weighted by Gasteiger charge is 2.25. The second-order valence-electron chi connectivity index (χ2n) is 4.09. The third-order valence-corrected chi connectivity index (χ3v) is 3.83. The summed E-state index contributed by atoms with van der Waals surface area (Å²) in [6.45, 7) is 3.13. The van der Waals surface area contributed by atoms with E-state index in [4.69, 9.17) is 5.11 Å². The van der Waals surface area contributed by atoms with Crippen molar-refractivity contribution < 1.29 is 14.7 Å². The lowest BCUT2D eigenvalue weighted by Crippen LogP contribution is -2.39. The first-order valence-corrected chi connectivity index (χ1v) is 6.44. The molecule has 0 bridgehead atoms. The number of hydrogen-bond donors (Lipinski definition) is 3. The molecule has 96 valence electrons. The van der Waals surface area contributed by atoms with Gasteiger partial charge >= 0.3 is 5.97 Å². The van der Waals surface area contributed by atoms with Gasteiger partial charge in [0, 0.05) is 23.5 Å². The first kappa shape index (κ1) is 12.8. The Bertz CT molecular complexity index is 487. The molecule has 0 aliphatic carbocycles. The van der Waals surface area contributed by atoms with Crippen LogP contribution < -0.4 is 10.6 Å². The fourth-order valence-electron chi connectivity index (χ4n) is 1.63. The van der Waals surface area contributed by atoms with Crippen molar-refractivity contribution >= 4 is 23.2 Å². The number of carboxylic acid groups (broad SMARTS) is 1. The minimum atomic E-state index is -1.05. The Morgan fingerprint density at radius 2 is 2.22 bits per heavy atom. The van der Waals surface area contributed by atoms with Crippen LogP contribution in [0.5, 0.6) is 0 Å². The third kappa shape index (κ3) is 2.60. The molecule has 2 heterocycles. The lowest BCUT2D eigenvalue weighted by atomic mass is 10.0. The van der Waals surface area contributed by atoms with Gasteiger partial charge in [0.1, 0.15) is 0 Å². The first-order chi connectivity index (χ1) is 8.59. The van der Waals surface area contributed by atoms with Crippen LogP contribution in [-0.2, 0) is 9.59 Å². The van der Waals surface area contributed by atoms with E-state index < -0.39 is 12.0 Å². The van der Waals surface area contributed by atoms with Crippen LogP contribution in [0.15, 0.2) is 28.7 Å². The number of rotatable bonds is 4. The summed E-state index contributed by atoms with van der Waals surface area (Å²) in [5, 5.41) is 16.5. The largest absolute Gasteiger partial charge is 0.479 e. The lowest BCUT2D eigenvalue weighted by Gasteiger charge is -2.22. The number of carboxylic acids is 1. The van der Waals surface area contributed by atoms with E-state index in [1.54, 1.807) is 24.4 Å². The fourth-order valence-corrected chi connectivity index (χ4v) is 2.39. The zero-order valence-corrected chi connectivity index (χ0v) is 10.7. The maximum Gasteiger partial charge on any atom is 0.331 e. The van der Waals surface area contributed by atoms with Crippen molar-refractivity contribution in [1.29, 1.82) is 0 Å². The Labute approximate surface area is 109 Å². The van der Waals surface area contributed by atoms with Gasteiger partial charge in [0.15, 0.2) is 6.04 Å². The molecule has 0 aromatic carbocycles. The smallest absolute Gasteiger partial charge is 0.331 e. The van der Waals surface area contributed by atoms with Crippen molar-refractivity contribution in [2.45, 2.75) is 13.0 Å². The van der Waals surface area contributed by atoms with Gasteiger partial charge in [-0.05, 0) is 23.9 Å². The van der Waals surface area contributed by atoms with Crippen molar-refractivity contribution in [3.8, 4) is 0 Å². The summed E-state index contributed by atoms with van der Waals surface area (Å²) in [5.41, 5.74) is 1.64. The zero-order valence-electron chi connectivity index (χ0n) is 9.90. The molecule has 1 amide bonds. The molecule has 1 fully saturated rings. The Balaban J connectivity index is 2.10. The SMILES string of the molecule is CC(C(=O)NC(C(=O)O)c1cccs1)=C1CNC1. The van der Waals surface area contributed by atoms with Crippen molar-refractivity contribution in [2.24, 2.45) is 0 Å². The normalized spacial score (nSPS) is 15.7. The Morgan fingerprint density at radius 3 is 2.67 bits per heavy atom. The van der Waals surface area contributed by atoms with Gasteiger partial charge in [0.25, 0.3) is 0 Å². The second kappa shape index (κ2) is 5.32. The Kier molecular flexibility index (Phi) is 3.78.